The van der Waals surface area contributed by atoms with E-state index in [0.717, 1.165) is 0 Å². The highest BCUT2D eigenvalue weighted by Crippen LogP contribution is 2.38. The van der Waals surface area contributed by atoms with E-state index in [1.165, 1.54) is 29.8 Å². The van der Waals surface area contributed by atoms with E-state index in [4.69, 9.17) is 4.99 Å². The molecule has 0 amide bonds. The summed E-state index contributed by atoms with van der Waals surface area (Å²) in [6.07, 6.45) is 3.84. The summed E-state index contributed by atoms with van der Waals surface area (Å²) in [5, 5.41) is 0. The molecule has 1 aliphatic rings. The minimum Gasteiger partial charge on any atom is -0.324 e. The molecule has 0 N–H and O–H groups in total. The summed E-state index contributed by atoms with van der Waals surface area (Å²) in [7, 11) is 2.16. The smallest absolute Gasteiger partial charge is 0.185 e. The van der Waals surface area contributed by atoms with Crippen LogP contribution < -0.4 is 4.80 Å². The summed E-state index contributed by atoms with van der Waals surface area (Å²) in [6.45, 7) is 9.01. The molecule has 3 heteroatoms. The molecule has 0 spiro atoms. The van der Waals surface area contributed by atoms with Crippen LogP contribution in [0.4, 0.5) is 0 Å². The first-order chi connectivity index (χ1) is 7.42. The number of fused-ring (bicyclic) bond motifs is 1. The zero-order valence-corrected chi connectivity index (χ0v) is 11.8. The second kappa shape index (κ2) is 4.02. The van der Waals surface area contributed by atoms with Gasteiger partial charge in [-0.25, -0.2) is 0 Å². The number of thiazole rings is 1. The number of hydrogen-bond acceptors (Lipinski definition) is 2. The van der Waals surface area contributed by atoms with E-state index < -0.39 is 0 Å². The maximum atomic E-state index is 4.71. The minimum absolute atomic E-state index is 0.348. The molecule has 0 unspecified atom stereocenters. The molecule has 2 rings (SSSR count). The molecule has 1 aromatic heterocycles. The van der Waals surface area contributed by atoms with Gasteiger partial charge in [-0.3, -0.25) is 4.99 Å². The first-order valence-corrected chi connectivity index (χ1v) is 6.96. The van der Waals surface area contributed by atoms with Crippen LogP contribution in [0.5, 0.6) is 0 Å². The van der Waals surface area contributed by atoms with E-state index >= 15 is 0 Å². The lowest BCUT2D eigenvalue weighted by molar-refractivity contribution is 0.431. The Morgan fingerprint density at radius 3 is 2.62 bits per heavy atom. The third-order valence-corrected chi connectivity index (χ3v) is 4.90. The van der Waals surface area contributed by atoms with Crippen LogP contribution in [-0.2, 0) is 18.9 Å². The maximum Gasteiger partial charge on any atom is 0.185 e. The Labute approximate surface area is 102 Å². The lowest BCUT2D eigenvalue weighted by Gasteiger charge is -2.29. The van der Waals surface area contributed by atoms with Gasteiger partial charge in [0.05, 0.1) is 0 Å². The van der Waals surface area contributed by atoms with Crippen LogP contribution in [0.25, 0.3) is 0 Å². The van der Waals surface area contributed by atoms with Crippen molar-refractivity contribution in [1.82, 2.24) is 4.57 Å². The van der Waals surface area contributed by atoms with E-state index in [0.29, 0.717) is 11.5 Å². The summed E-state index contributed by atoms with van der Waals surface area (Å²) in [5.74, 6) is 0. The van der Waals surface area contributed by atoms with Crippen molar-refractivity contribution in [3.8, 4) is 0 Å². The van der Waals surface area contributed by atoms with Gasteiger partial charge >= 0.3 is 0 Å². The second-order valence-corrected chi connectivity index (χ2v) is 6.66. The molecule has 16 heavy (non-hydrogen) atoms. The third kappa shape index (κ3) is 1.97. The first-order valence-electron chi connectivity index (χ1n) is 6.15. The Balaban J connectivity index is 2.59. The molecule has 1 aliphatic carbocycles. The molecule has 1 aromatic rings. The molecule has 0 bridgehead atoms. The van der Waals surface area contributed by atoms with Gasteiger partial charge in [0.2, 0.25) is 0 Å². The van der Waals surface area contributed by atoms with Gasteiger partial charge in [-0.2, -0.15) is 0 Å². The van der Waals surface area contributed by atoms with Crippen LogP contribution in [0.2, 0.25) is 0 Å². The molecule has 0 atom stereocenters. The zero-order valence-electron chi connectivity index (χ0n) is 11.0. The van der Waals surface area contributed by atoms with E-state index in [2.05, 4.69) is 39.3 Å². The number of aromatic nitrogens is 1. The Bertz CT molecular complexity index is 449. The van der Waals surface area contributed by atoms with Gasteiger partial charge in [0.15, 0.2) is 4.80 Å². The highest BCUT2D eigenvalue weighted by molar-refractivity contribution is 7.09. The molecule has 0 saturated heterocycles. The summed E-state index contributed by atoms with van der Waals surface area (Å²) in [4.78, 5) is 7.46. The SMILES string of the molecule is CC(C)N=c1sc2c(n1C)CCCC2(C)C. The maximum absolute atomic E-state index is 4.71. The van der Waals surface area contributed by atoms with Crippen molar-refractivity contribution in [2.75, 3.05) is 0 Å². The van der Waals surface area contributed by atoms with Crippen molar-refractivity contribution in [3.63, 3.8) is 0 Å². The van der Waals surface area contributed by atoms with Crippen molar-refractivity contribution in [3.05, 3.63) is 15.4 Å². The quantitative estimate of drug-likeness (QED) is 0.715. The summed E-state index contributed by atoms with van der Waals surface area (Å²) in [5.41, 5.74) is 1.86. The fourth-order valence-corrected chi connectivity index (χ4v) is 3.87. The van der Waals surface area contributed by atoms with Crippen molar-refractivity contribution in [2.24, 2.45) is 12.0 Å². The number of nitrogens with zero attached hydrogens (tertiary/aromatic N) is 2. The lowest BCUT2D eigenvalue weighted by Crippen LogP contribution is -2.23. The Morgan fingerprint density at radius 2 is 2.06 bits per heavy atom. The van der Waals surface area contributed by atoms with E-state index in [9.17, 15) is 0 Å². The molecular weight excluding hydrogens is 216 g/mol. The second-order valence-electron chi connectivity index (χ2n) is 5.68. The van der Waals surface area contributed by atoms with Gasteiger partial charge in [0.25, 0.3) is 0 Å². The summed E-state index contributed by atoms with van der Waals surface area (Å²) >= 11 is 1.89. The van der Waals surface area contributed by atoms with E-state index in [1.54, 1.807) is 4.88 Å². The van der Waals surface area contributed by atoms with E-state index in [-0.39, 0.29) is 0 Å². The van der Waals surface area contributed by atoms with Crippen LogP contribution >= 0.6 is 11.3 Å². The topological polar surface area (TPSA) is 17.3 Å². The summed E-state index contributed by atoms with van der Waals surface area (Å²) < 4.78 is 2.31. The van der Waals surface area contributed by atoms with Gasteiger partial charge in [0.1, 0.15) is 0 Å². The Morgan fingerprint density at radius 1 is 1.38 bits per heavy atom. The van der Waals surface area contributed by atoms with Gasteiger partial charge in [-0.15, -0.1) is 11.3 Å². The van der Waals surface area contributed by atoms with Crippen LogP contribution in [-0.4, -0.2) is 10.6 Å². The monoisotopic (exact) mass is 238 g/mol. The highest BCUT2D eigenvalue weighted by atomic mass is 32.1. The number of hydrogen-bond donors (Lipinski definition) is 0. The fraction of sp³-hybridized carbons (Fsp3) is 0.769. The molecule has 0 fully saturated rings. The minimum atomic E-state index is 0.348. The average Bonchev–Trinajstić information content (AvgIpc) is 2.45. The molecule has 2 nitrogen and oxygen atoms in total. The molecule has 0 saturated carbocycles. The van der Waals surface area contributed by atoms with Crippen molar-refractivity contribution in [1.29, 1.82) is 0 Å². The Hall–Kier alpha value is -0.570. The summed E-state index contributed by atoms with van der Waals surface area (Å²) in [6, 6.07) is 0.384. The molecule has 1 heterocycles. The first kappa shape index (κ1) is 11.9. The largest absolute Gasteiger partial charge is 0.324 e. The van der Waals surface area contributed by atoms with Gasteiger partial charge < -0.3 is 4.57 Å². The molecule has 0 aliphatic heterocycles. The standard InChI is InChI=1S/C13H22N2S/c1-9(2)14-12-15(5)10-7-6-8-13(3,4)11(10)16-12/h9H,6-8H2,1-5H3. The lowest BCUT2D eigenvalue weighted by atomic mass is 9.80. The average molecular weight is 238 g/mol. The predicted octanol–water partition coefficient (Wildman–Crippen LogP) is 3.01. The normalized spacial score (nSPS) is 20.2. The fourth-order valence-electron chi connectivity index (χ4n) is 2.44. The van der Waals surface area contributed by atoms with E-state index in [1.807, 2.05) is 11.3 Å². The Kier molecular flexibility index (Phi) is 2.99. The van der Waals surface area contributed by atoms with Crippen LogP contribution in [0.1, 0.15) is 51.1 Å². The zero-order chi connectivity index (χ0) is 11.9. The van der Waals surface area contributed by atoms with Crippen molar-refractivity contribution >= 4 is 11.3 Å². The number of rotatable bonds is 1. The van der Waals surface area contributed by atoms with Crippen LogP contribution in [0.3, 0.4) is 0 Å². The molecule has 90 valence electrons. The predicted molar refractivity (Wildman–Crippen MR) is 70.0 cm³/mol. The van der Waals surface area contributed by atoms with Crippen molar-refractivity contribution in [2.45, 2.75) is 58.4 Å². The van der Waals surface area contributed by atoms with Crippen LogP contribution in [0.15, 0.2) is 4.99 Å². The van der Waals surface area contributed by atoms with Gasteiger partial charge in [-0.1, -0.05) is 13.8 Å². The van der Waals surface area contributed by atoms with Crippen molar-refractivity contribution < 1.29 is 0 Å². The third-order valence-electron chi connectivity index (χ3n) is 3.35. The van der Waals surface area contributed by atoms with Gasteiger partial charge in [0, 0.05) is 29.1 Å². The molecule has 0 aromatic carbocycles. The molecular formula is C13H22N2S. The molecule has 0 radical (unpaired) electrons. The highest BCUT2D eigenvalue weighted by Gasteiger charge is 2.30. The van der Waals surface area contributed by atoms with Gasteiger partial charge in [-0.05, 0) is 33.1 Å². The van der Waals surface area contributed by atoms with Crippen LogP contribution in [0, 0.1) is 0 Å².